The van der Waals surface area contributed by atoms with Crippen molar-refractivity contribution in [1.29, 1.82) is 0 Å². The van der Waals surface area contributed by atoms with Gasteiger partial charge in [-0.25, -0.2) is 9.78 Å². The van der Waals surface area contributed by atoms with Crippen molar-refractivity contribution in [2.75, 3.05) is 32.8 Å². The number of carbonyl (C=O) groups excluding carboxylic acids is 2. The van der Waals surface area contributed by atoms with Crippen molar-refractivity contribution in [2.24, 2.45) is 0 Å². The van der Waals surface area contributed by atoms with E-state index < -0.39 is 0 Å². The molecule has 7 heteroatoms. The van der Waals surface area contributed by atoms with Gasteiger partial charge in [0.05, 0.1) is 12.8 Å². The lowest BCUT2D eigenvalue weighted by Crippen LogP contribution is -2.50. The number of rotatable bonds is 2. The Hall–Kier alpha value is -2.18. The predicted molar refractivity (Wildman–Crippen MR) is 66.5 cm³/mol. The van der Waals surface area contributed by atoms with Crippen LogP contribution in [0.5, 0.6) is 0 Å². The van der Waals surface area contributed by atoms with Crippen molar-refractivity contribution >= 4 is 12.0 Å². The van der Waals surface area contributed by atoms with Crippen LogP contribution in [0.4, 0.5) is 4.79 Å². The number of aromatic nitrogens is 2. The van der Waals surface area contributed by atoms with Crippen molar-refractivity contribution in [1.82, 2.24) is 19.8 Å². The Balaban J connectivity index is 1.90. The summed E-state index contributed by atoms with van der Waals surface area (Å²) in [6.07, 6.45) is 4.13. The number of piperazine rings is 1. The molecule has 1 saturated heterocycles. The molecule has 1 fully saturated rings. The van der Waals surface area contributed by atoms with Gasteiger partial charge < -0.3 is 14.5 Å². The maximum absolute atomic E-state index is 12.1. The molecule has 1 aromatic heterocycles. The lowest BCUT2D eigenvalue weighted by molar-refractivity contribution is 0.0565. The van der Waals surface area contributed by atoms with E-state index in [0.29, 0.717) is 38.5 Å². The summed E-state index contributed by atoms with van der Waals surface area (Å²) >= 11 is 0. The Morgan fingerprint density at radius 3 is 2.47 bits per heavy atom. The Morgan fingerprint density at radius 1 is 1.21 bits per heavy atom. The normalized spacial score (nSPS) is 15.2. The van der Waals surface area contributed by atoms with E-state index in [-0.39, 0.29) is 12.0 Å². The summed E-state index contributed by atoms with van der Waals surface area (Å²) < 4.78 is 4.92. The maximum Gasteiger partial charge on any atom is 0.409 e. The van der Waals surface area contributed by atoms with E-state index >= 15 is 0 Å². The molecule has 2 heterocycles. The number of hydrogen-bond acceptors (Lipinski definition) is 5. The summed E-state index contributed by atoms with van der Waals surface area (Å²) in [5.41, 5.74) is 0.326. The SMILES string of the molecule is CCOC(=O)N1CCN(C(=O)c2cnccn2)CC1. The van der Waals surface area contributed by atoms with E-state index in [1.165, 1.54) is 18.6 Å². The van der Waals surface area contributed by atoms with Gasteiger partial charge in [0.15, 0.2) is 0 Å². The minimum Gasteiger partial charge on any atom is -0.450 e. The first kappa shape index (κ1) is 13.3. The first-order valence-corrected chi connectivity index (χ1v) is 6.19. The van der Waals surface area contributed by atoms with E-state index in [4.69, 9.17) is 4.74 Å². The van der Waals surface area contributed by atoms with Crippen LogP contribution in [0.25, 0.3) is 0 Å². The minimum atomic E-state index is -0.325. The third-order valence-corrected chi connectivity index (χ3v) is 2.88. The molecule has 0 aliphatic carbocycles. The second-order valence-corrected chi connectivity index (χ2v) is 4.07. The Labute approximate surface area is 111 Å². The fourth-order valence-electron chi connectivity index (χ4n) is 1.88. The predicted octanol–water partition coefficient (Wildman–Crippen LogP) is 0.391. The highest BCUT2D eigenvalue weighted by Crippen LogP contribution is 2.07. The van der Waals surface area contributed by atoms with E-state index in [9.17, 15) is 9.59 Å². The molecule has 7 nitrogen and oxygen atoms in total. The summed E-state index contributed by atoms with van der Waals surface area (Å²) in [5, 5.41) is 0. The van der Waals surface area contributed by atoms with Crippen LogP contribution in [0.1, 0.15) is 17.4 Å². The summed E-state index contributed by atoms with van der Waals surface area (Å²) in [6, 6.07) is 0. The largest absolute Gasteiger partial charge is 0.450 e. The first-order valence-electron chi connectivity index (χ1n) is 6.19. The fraction of sp³-hybridized carbons (Fsp3) is 0.500. The molecule has 0 bridgehead atoms. The van der Waals surface area contributed by atoms with Crippen LogP contribution in [-0.4, -0.2) is 64.6 Å². The summed E-state index contributed by atoms with van der Waals surface area (Å²) in [5.74, 6) is -0.156. The molecular weight excluding hydrogens is 248 g/mol. The van der Waals surface area contributed by atoms with Crippen LogP contribution in [-0.2, 0) is 4.74 Å². The van der Waals surface area contributed by atoms with E-state index in [2.05, 4.69) is 9.97 Å². The third-order valence-electron chi connectivity index (χ3n) is 2.88. The zero-order valence-electron chi connectivity index (χ0n) is 10.8. The summed E-state index contributed by atoms with van der Waals surface area (Å²) in [6.45, 7) is 4.04. The van der Waals surface area contributed by atoms with Gasteiger partial charge in [-0.3, -0.25) is 9.78 Å². The second-order valence-electron chi connectivity index (χ2n) is 4.07. The molecule has 0 saturated carbocycles. The fourth-order valence-corrected chi connectivity index (χ4v) is 1.88. The van der Waals surface area contributed by atoms with Crippen LogP contribution in [0.2, 0.25) is 0 Å². The average Bonchev–Trinajstić information content (AvgIpc) is 2.48. The number of ether oxygens (including phenoxy) is 1. The number of carbonyl (C=O) groups is 2. The van der Waals surface area contributed by atoms with Gasteiger partial charge >= 0.3 is 6.09 Å². The van der Waals surface area contributed by atoms with E-state index in [0.717, 1.165) is 0 Å². The van der Waals surface area contributed by atoms with Crippen LogP contribution < -0.4 is 0 Å². The first-order chi connectivity index (χ1) is 9.22. The molecule has 2 rings (SSSR count). The smallest absolute Gasteiger partial charge is 0.409 e. The number of nitrogens with zero attached hydrogens (tertiary/aromatic N) is 4. The van der Waals surface area contributed by atoms with Crippen LogP contribution >= 0.6 is 0 Å². The highest BCUT2D eigenvalue weighted by molar-refractivity contribution is 5.92. The van der Waals surface area contributed by atoms with Crippen LogP contribution in [0.15, 0.2) is 18.6 Å². The molecule has 102 valence electrons. The monoisotopic (exact) mass is 264 g/mol. The molecule has 0 radical (unpaired) electrons. The summed E-state index contributed by atoms with van der Waals surface area (Å²) in [7, 11) is 0. The highest BCUT2D eigenvalue weighted by atomic mass is 16.6. The molecule has 0 unspecified atom stereocenters. The third kappa shape index (κ3) is 3.18. The molecular formula is C12H16N4O3. The molecule has 0 spiro atoms. The lowest BCUT2D eigenvalue weighted by Gasteiger charge is -2.33. The van der Waals surface area contributed by atoms with Crippen molar-refractivity contribution in [3.63, 3.8) is 0 Å². The van der Waals surface area contributed by atoms with E-state index in [1.54, 1.807) is 16.7 Å². The molecule has 1 aliphatic heterocycles. The van der Waals surface area contributed by atoms with Gasteiger partial charge in [0.1, 0.15) is 5.69 Å². The summed E-state index contributed by atoms with van der Waals surface area (Å²) in [4.78, 5) is 34.7. The molecule has 1 aromatic rings. The number of amides is 2. The zero-order chi connectivity index (χ0) is 13.7. The molecule has 0 atom stereocenters. The molecule has 0 aromatic carbocycles. The highest BCUT2D eigenvalue weighted by Gasteiger charge is 2.25. The average molecular weight is 264 g/mol. The number of hydrogen-bond donors (Lipinski definition) is 0. The van der Waals surface area contributed by atoms with Crippen molar-refractivity contribution in [2.45, 2.75) is 6.92 Å². The van der Waals surface area contributed by atoms with Gasteiger partial charge in [-0.05, 0) is 6.92 Å². The maximum atomic E-state index is 12.1. The molecule has 2 amide bonds. The quantitative estimate of drug-likeness (QED) is 0.772. The van der Waals surface area contributed by atoms with Gasteiger partial charge in [-0.15, -0.1) is 0 Å². The lowest BCUT2D eigenvalue weighted by atomic mass is 10.3. The van der Waals surface area contributed by atoms with Gasteiger partial charge in [0.25, 0.3) is 5.91 Å². The van der Waals surface area contributed by atoms with Crippen LogP contribution in [0, 0.1) is 0 Å². The van der Waals surface area contributed by atoms with E-state index in [1.807, 2.05) is 0 Å². The Bertz CT molecular complexity index is 444. The van der Waals surface area contributed by atoms with Crippen molar-refractivity contribution in [3.8, 4) is 0 Å². The molecule has 19 heavy (non-hydrogen) atoms. The van der Waals surface area contributed by atoms with Crippen molar-refractivity contribution < 1.29 is 14.3 Å². The van der Waals surface area contributed by atoms with Gasteiger partial charge in [0.2, 0.25) is 0 Å². The Kier molecular flexibility index (Phi) is 4.27. The molecule has 1 aliphatic rings. The zero-order valence-corrected chi connectivity index (χ0v) is 10.8. The topological polar surface area (TPSA) is 75.6 Å². The van der Waals surface area contributed by atoms with Crippen LogP contribution in [0.3, 0.4) is 0 Å². The Morgan fingerprint density at radius 2 is 1.89 bits per heavy atom. The van der Waals surface area contributed by atoms with Gasteiger partial charge in [-0.1, -0.05) is 0 Å². The standard InChI is InChI=1S/C12H16N4O3/c1-2-19-12(18)16-7-5-15(6-8-16)11(17)10-9-13-3-4-14-10/h3-4,9H,2,5-8H2,1H3. The van der Waals surface area contributed by atoms with Gasteiger partial charge in [0, 0.05) is 38.6 Å². The second kappa shape index (κ2) is 6.12. The van der Waals surface area contributed by atoms with Gasteiger partial charge in [-0.2, -0.15) is 0 Å². The minimum absolute atomic E-state index is 0.156. The van der Waals surface area contributed by atoms with Crippen molar-refractivity contribution in [3.05, 3.63) is 24.3 Å². The molecule has 0 N–H and O–H groups in total.